The van der Waals surface area contributed by atoms with Gasteiger partial charge in [-0.25, -0.2) is 4.79 Å². The lowest BCUT2D eigenvalue weighted by Gasteiger charge is -2.39. The van der Waals surface area contributed by atoms with E-state index >= 15 is 0 Å². The molecule has 1 N–H and O–H groups in total. The summed E-state index contributed by atoms with van der Waals surface area (Å²) in [6.45, 7) is 5.34. The monoisotopic (exact) mass is 363 g/mol. The van der Waals surface area contributed by atoms with Crippen LogP contribution in [0.15, 0.2) is 0 Å². The lowest BCUT2D eigenvalue weighted by molar-refractivity contribution is -0.387. The van der Waals surface area contributed by atoms with Crippen molar-refractivity contribution in [2.45, 2.75) is 57.9 Å². The Hall–Kier alpha value is -1.36. The highest BCUT2D eigenvalue weighted by Crippen LogP contribution is 2.52. The van der Waals surface area contributed by atoms with Crippen LogP contribution >= 0.6 is 0 Å². The highest BCUT2D eigenvalue weighted by atomic mass is 19.4. The predicted molar refractivity (Wildman–Crippen MR) is 59.4 cm³/mol. The van der Waals surface area contributed by atoms with E-state index in [4.69, 9.17) is 0 Å². The van der Waals surface area contributed by atoms with Crippen LogP contribution in [-0.2, 0) is 4.74 Å². The van der Waals surface area contributed by atoms with Crippen molar-refractivity contribution in [3.8, 4) is 0 Å². The van der Waals surface area contributed by atoms with Crippen molar-refractivity contribution in [3.05, 3.63) is 0 Å². The fraction of sp³-hybridized carbons (Fsp3) is 0.909. The Morgan fingerprint density at radius 1 is 0.826 bits per heavy atom. The van der Waals surface area contributed by atoms with E-state index in [1.807, 2.05) is 0 Å². The van der Waals surface area contributed by atoms with E-state index in [2.05, 4.69) is 4.74 Å². The normalized spacial score (nSPS) is 16.0. The molecular weight excluding hydrogens is 349 g/mol. The number of nitrogens with one attached hydrogen (secondary N) is 1. The maximum Gasteiger partial charge on any atom is 0.429 e. The third kappa shape index (κ3) is 4.34. The van der Waals surface area contributed by atoms with Gasteiger partial charge < -0.3 is 4.74 Å². The molecule has 0 aromatic heterocycles. The molecule has 0 heterocycles. The van der Waals surface area contributed by atoms with E-state index in [9.17, 15) is 44.3 Å². The van der Waals surface area contributed by atoms with E-state index in [-0.39, 0.29) is 5.32 Å². The van der Waals surface area contributed by atoms with E-state index < -0.39 is 41.7 Å². The van der Waals surface area contributed by atoms with Crippen LogP contribution in [0.5, 0.6) is 0 Å². The Bertz CT molecular complexity index is 395. The molecule has 3 nitrogen and oxygen atoms in total. The summed E-state index contributed by atoms with van der Waals surface area (Å²) in [6, 6.07) is 0. The Morgan fingerprint density at radius 3 is 1.35 bits per heavy atom. The molecule has 1 amide bonds. The van der Waals surface area contributed by atoms with E-state index in [1.165, 1.54) is 20.8 Å². The Morgan fingerprint density at radius 2 is 1.13 bits per heavy atom. The SMILES string of the molecule is C[C@H](OC(=O)NC(C(F)(F)F)(C(F)(F)F)C(F)(F)F)C(C)(C)C. The smallest absolute Gasteiger partial charge is 0.429 e. The van der Waals surface area contributed by atoms with E-state index in [0.29, 0.717) is 0 Å². The van der Waals surface area contributed by atoms with Crippen LogP contribution in [0.1, 0.15) is 27.7 Å². The highest BCUT2D eigenvalue weighted by molar-refractivity contribution is 5.69. The summed E-state index contributed by atoms with van der Waals surface area (Å²) < 4.78 is 118. The number of hydrogen-bond acceptors (Lipinski definition) is 2. The van der Waals surface area contributed by atoms with Gasteiger partial charge in [0.25, 0.3) is 0 Å². The second-order valence-electron chi connectivity index (χ2n) is 5.78. The standard InChI is InChI=1S/C11H14F9NO2/c1-5(7(2,3)4)23-6(22)21-8(9(12,13)14,10(15,16)17)11(18,19)20/h5H,1-4H3,(H,21,22)/t5-/m0/s1. The number of halogens is 9. The fourth-order valence-electron chi connectivity index (χ4n) is 1.21. The van der Waals surface area contributed by atoms with Gasteiger partial charge in [0.1, 0.15) is 6.10 Å². The number of carbonyl (C=O) groups is 1. The van der Waals surface area contributed by atoms with Gasteiger partial charge in [-0.15, -0.1) is 0 Å². The third-order valence-electron chi connectivity index (χ3n) is 3.07. The molecule has 0 aromatic rings. The van der Waals surface area contributed by atoms with Gasteiger partial charge in [0.15, 0.2) is 0 Å². The summed E-state index contributed by atoms with van der Waals surface area (Å²) in [5, 5.41) is -0.0828. The number of amides is 1. The molecule has 0 saturated heterocycles. The molecule has 0 aromatic carbocycles. The summed E-state index contributed by atoms with van der Waals surface area (Å²) in [5.41, 5.74) is -7.35. The minimum absolute atomic E-state index is 0.0828. The molecule has 0 fully saturated rings. The largest absolute Gasteiger partial charge is 0.446 e. The fourth-order valence-corrected chi connectivity index (χ4v) is 1.21. The lowest BCUT2D eigenvalue weighted by atomic mass is 9.90. The molecule has 0 spiro atoms. The summed E-state index contributed by atoms with van der Waals surface area (Å²) in [7, 11) is 0. The van der Waals surface area contributed by atoms with Crippen LogP contribution in [0.2, 0.25) is 0 Å². The maximum atomic E-state index is 12.6. The second-order valence-corrected chi connectivity index (χ2v) is 5.78. The molecule has 0 rings (SSSR count). The first-order chi connectivity index (χ1) is 9.77. The Balaban J connectivity index is 5.81. The van der Waals surface area contributed by atoms with E-state index in [0.717, 1.165) is 6.92 Å². The molecule has 0 bridgehead atoms. The van der Waals surface area contributed by atoms with Gasteiger partial charge in [-0.2, -0.15) is 39.5 Å². The van der Waals surface area contributed by atoms with Gasteiger partial charge in [0.05, 0.1) is 0 Å². The second kappa shape index (κ2) is 5.93. The number of alkyl carbamates (subject to hydrolysis) is 1. The number of ether oxygens (including phenoxy) is 1. The first kappa shape index (κ1) is 21.6. The summed E-state index contributed by atoms with van der Waals surface area (Å²) in [6.07, 6.45) is -24.4. The number of carbonyl (C=O) groups excluding carboxylic acids is 1. The molecule has 0 radical (unpaired) electrons. The minimum atomic E-state index is -6.88. The highest BCUT2D eigenvalue weighted by Gasteiger charge is 2.85. The van der Waals surface area contributed by atoms with Crippen LogP contribution in [-0.4, -0.2) is 36.3 Å². The van der Waals surface area contributed by atoms with Gasteiger partial charge in [0, 0.05) is 0 Å². The first-order valence-electron chi connectivity index (χ1n) is 5.96. The average Bonchev–Trinajstić information content (AvgIpc) is 2.18. The van der Waals surface area contributed by atoms with Gasteiger partial charge in [-0.1, -0.05) is 20.8 Å². The van der Waals surface area contributed by atoms with Crippen molar-refractivity contribution in [1.82, 2.24) is 5.32 Å². The third-order valence-corrected chi connectivity index (χ3v) is 3.07. The van der Waals surface area contributed by atoms with Crippen molar-refractivity contribution < 1.29 is 49.0 Å². The van der Waals surface area contributed by atoms with Crippen molar-refractivity contribution in [3.63, 3.8) is 0 Å². The topological polar surface area (TPSA) is 38.3 Å². The summed E-state index contributed by atoms with van der Waals surface area (Å²) >= 11 is 0. The maximum absolute atomic E-state index is 12.6. The molecule has 138 valence electrons. The molecule has 0 aliphatic carbocycles. The summed E-state index contributed by atoms with van der Waals surface area (Å²) in [5.74, 6) is 0. The van der Waals surface area contributed by atoms with Crippen LogP contribution in [0.25, 0.3) is 0 Å². The van der Waals surface area contributed by atoms with Crippen molar-refractivity contribution >= 4 is 6.09 Å². The van der Waals surface area contributed by atoms with Gasteiger partial charge in [-0.3, -0.25) is 5.32 Å². The molecule has 0 unspecified atom stereocenters. The van der Waals surface area contributed by atoms with E-state index in [1.54, 1.807) is 0 Å². The number of hydrogen-bond donors (Lipinski definition) is 1. The average molecular weight is 363 g/mol. The van der Waals surface area contributed by atoms with Crippen LogP contribution < -0.4 is 5.32 Å². The molecule has 1 atom stereocenters. The van der Waals surface area contributed by atoms with Gasteiger partial charge >= 0.3 is 30.2 Å². The van der Waals surface area contributed by atoms with Crippen molar-refractivity contribution in [1.29, 1.82) is 0 Å². The minimum Gasteiger partial charge on any atom is -0.446 e. The number of alkyl halides is 9. The summed E-state index contributed by atoms with van der Waals surface area (Å²) in [4.78, 5) is 11.2. The van der Waals surface area contributed by atoms with Crippen LogP contribution in [0, 0.1) is 5.41 Å². The molecule has 0 aliphatic heterocycles. The van der Waals surface area contributed by atoms with Crippen LogP contribution in [0.4, 0.5) is 44.3 Å². The zero-order valence-electron chi connectivity index (χ0n) is 12.3. The number of rotatable bonds is 2. The zero-order chi connectivity index (χ0) is 19.1. The molecular formula is C11H14F9NO2. The van der Waals surface area contributed by atoms with Crippen LogP contribution in [0.3, 0.4) is 0 Å². The molecule has 0 aliphatic rings. The van der Waals surface area contributed by atoms with Gasteiger partial charge in [-0.05, 0) is 12.3 Å². The molecule has 23 heavy (non-hydrogen) atoms. The molecule has 12 heteroatoms. The predicted octanol–water partition coefficient (Wildman–Crippen LogP) is 4.57. The lowest BCUT2D eigenvalue weighted by Crippen LogP contribution is -2.75. The van der Waals surface area contributed by atoms with Crippen molar-refractivity contribution in [2.24, 2.45) is 5.41 Å². The van der Waals surface area contributed by atoms with Crippen molar-refractivity contribution in [2.75, 3.05) is 0 Å². The zero-order valence-corrected chi connectivity index (χ0v) is 12.3. The molecule has 0 saturated carbocycles. The van der Waals surface area contributed by atoms with Gasteiger partial charge in [0.2, 0.25) is 0 Å². The Kier molecular flexibility index (Phi) is 5.58. The quantitative estimate of drug-likeness (QED) is 0.730. The first-order valence-corrected chi connectivity index (χ1v) is 5.96. The Labute approximate surface area is 125 Å².